The number of hydrogen-bond acceptors (Lipinski definition) is 3. The van der Waals surface area contributed by atoms with Crippen molar-refractivity contribution in [1.29, 1.82) is 0 Å². The molecule has 2 rings (SSSR count). The van der Waals surface area contributed by atoms with Crippen LogP contribution in [-0.4, -0.2) is 48.4 Å². The van der Waals surface area contributed by atoms with E-state index in [1.54, 1.807) is 4.90 Å². The van der Waals surface area contributed by atoms with Crippen molar-refractivity contribution in [3.8, 4) is 0 Å². The molecule has 0 atom stereocenters. The van der Waals surface area contributed by atoms with Crippen molar-refractivity contribution in [3.63, 3.8) is 0 Å². The minimum atomic E-state index is 0. The lowest BCUT2D eigenvalue weighted by Crippen LogP contribution is -2.44. The lowest BCUT2D eigenvalue weighted by molar-refractivity contribution is -0.131. The zero-order chi connectivity index (χ0) is 13.7. The van der Waals surface area contributed by atoms with Crippen LogP contribution in [0.25, 0.3) is 0 Å². The first-order chi connectivity index (χ1) is 9.15. The summed E-state index contributed by atoms with van der Waals surface area (Å²) in [6.45, 7) is 3.06. The molecule has 112 valence electrons. The van der Waals surface area contributed by atoms with Crippen molar-refractivity contribution in [3.05, 3.63) is 35.9 Å². The number of benzene rings is 1. The minimum absolute atomic E-state index is 0. The molecule has 20 heavy (non-hydrogen) atoms. The number of halogens is 1. The number of piperidine rings is 1. The number of nitrogens with two attached hydrogens (primary N) is 1. The third-order valence-corrected chi connectivity index (χ3v) is 3.68. The quantitative estimate of drug-likeness (QED) is 0.916. The molecule has 0 radical (unpaired) electrons. The molecular formula is C15H24ClN3O. The lowest BCUT2D eigenvalue weighted by atomic mass is 10.1. The second kappa shape index (κ2) is 8.25. The predicted molar refractivity (Wildman–Crippen MR) is 83.8 cm³/mol. The monoisotopic (exact) mass is 297 g/mol. The Hall–Kier alpha value is -1.10. The van der Waals surface area contributed by atoms with Crippen LogP contribution in [0.3, 0.4) is 0 Å². The highest BCUT2D eigenvalue weighted by Crippen LogP contribution is 2.09. The van der Waals surface area contributed by atoms with Crippen LogP contribution >= 0.6 is 12.4 Å². The highest BCUT2D eigenvalue weighted by molar-refractivity contribution is 5.85. The SMILES string of the molecule is CN(Cc1ccccc1)C(=O)CN1CCC(N)CC1.Cl. The van der Waals surface area contributed by atoms with Gasteiger partial charge in [-0.05, 0) is 18.4 Å². The molecule has 1 amide bonds. The summed E-state index contributed by atoms with van der Waals surface area (Å²) < 4.78 is 0. The molecule has 0 unspecified atom stereocenters. The van der Waals surface area contributed by atoms with Crippen LogP contribution in [0.1, 0.15) is 18.4 Å². The van der Waals surface area contributed by atoms with E-state index < -0.39 is 0 Å². The Morgan fingerprint density at radius 2 is 1.90 bits per heavy atom. The van der Waals surface area contributed by atoms with Crippen LogP contribution < -0.4 is 5.73 Å². The largest absolute Gasteiger partial charge is 0.340 e. The van der Waals surface area contributed by atoms with E-state index in [1.807, 2.05) is 37.4 Å². The Bertz CT molecular complexity index is 405. The fourth-order valence-corrected chi connectivity index (χ4v) is 2.37. The molecule has 5 heteroatoms. The summed E-state index contributed by atoms with van der Waals surface area (Å²) in [7, 11) is 1.87. The van der Waals surface area contributed by atoms with Gasteiger partial charge in [-0.1, -0.05) is 30.3 Å². The summed E-state index contributed by atoms with van der Waals surface area (Å²) >= 11 is 0. The van der Waals surface area contributed by atoms with Crippen LogP contribution in [-0.2, 0) is 11.3 Å². The summed E-state index contributed by atoms with van der Waals surface area (Å²) in [6.07, 6.45) is 1.99. The number of nitrogens with zero attached hydrogens (tertiary/aromatic N) is 2. The topological polar surface area (TPSA) is 49.6 Å². The van der Waals surface area contributed by atoms with Crippen molar-refractivity contribution >= 4 is 18.3 Å². The Balaban J connectivity index is 0.00000200. The van der Waals surface area contributed by atoms with Gasteiger partial charge >= 0.3 is 0 Å². The van der Waals surface area contributed by atoms with E-state index in [2.05, 4.69) is 4.90 Å². The summed E-state index contributed by atoms with van der Waals surface area (Å²) in [5, 5.41) is 0. The molecule has 1 aliphatic rings. The molecule has 1 fully saturated rings. The molecule has 0 aromatic heterocycles. The average Bonchev–Trinajstić information content (AvgIpc) is 2.42. The van der Waals surface area contributed by atoms with Crippen LogP contribution in [0.4, 0.5) is 0 Å². The van der Waals surface area contributed by atoms with Gasteiger partial charge in [0.1, 0.15) is 0 Å². The Labute approximate surface area is 127 Å². The predicted octanol–water partition coefficient (Wildman–Crippen LogP) is 1.49. The third-order valence-electron chi connectivity index (χ3n) is 3.68. The second-order valence-electron chi connectivity index (χ2n) is 5.35. The van der Waals surface area contributed by atoms with E-state index in [9.17, 15) is 4.79 Å². The zero-order valence-corrected chi connectivity index (χ0v) is 12.8. The summed E-state index contributed by atoms with van der Waals surface area (Å²) in [5.41, 5.74) is 7.03. The van der Waals surface area contributed by atoms with Gasteiger partial charge in [0.05, 0.1) is 6.54 Å². The molecular weight excluding hydrogens is 274 g/mol. The summed E-state index contributed by atoms with van der Waals surface area (Å²) in [6, 6.07) is 10.4. The molecule has 1 aromatic carbocycles. The first-order valence-corrected chi connectivity index (χ1v) is 6.91. The fourth-order valence-electron chi connectivity index (χ4n) is 2.37. The van der Waals surface area contributed by atoms with Gasteiger partial charge in [-0.25, -0.2) is 0 Å². The van der Waals surface area contributed by atoms with Crippen LogP contribution in [0.15, 0.2) is 30.3 Å². The Morgan fingerprint density at radius 3 is 2.50 bits per heavy atom. The van der Waals surface area contributed by atoms with E-state index in [4.69, 9.17) is 5.73 Å². The van der Waals surface area contributed by atoms with Crippen molar-refractivity contribution in [2.45, 2.75) is 25.4 Å². The standard InChI is InChI=1S/C15H23N3O.ClH/c1-17(11-13-5-3-2-4-6-13)15(19)12-18-9-7-14(16)8-10-18;/h2-6,14H,7-12,16H2,1H3;1H. The summed E-state index contributed by atoms with van der Waals surface area (Å²) in [4.78, 5) is 16.1. The molecule has 1 heterocycles. The second-order valence-corrected chi connectivity index (χ2v) is 5.35. The first-order valence-electron chi connectivity index (χ1n) is 6.91. The normalized spacial score (nSPS) is 16.5. The smallest absolute Gasteiger partial charge is 0.236 e. The number of likely N-dealkylation sites (N-methyl/N-ethyl adjacent to an activating group) is 1. The van der Waals surface area contributed by atoms with E-state index >= 15 is 0 Å². The van der Waals surface area contributed by atoms with Crippen LogP contribution in [0.5, 0.6) is 0 Å². The molecule has 1 aromatic rings. The number of likely N-dealkylation sites (tertiary alicyclic amines) is 1. The van der Waals surface area contributed by atoms with Gasteiger partial charge in [0.15, 0.2) is 0 Å². The molecule has 1 saturated heterocycles. The molecule has 0 aliphatic carbocycles. The number of carbonyl (C=O) groups is 1. The van der Waals surface area contributed by atoms with E-state index in [0.717, 1.165) is 25.9 Å². The van der Waals surface area contributed by atoms with Gasteiger partial charge in [0, 0.05) is 32.7 Å². The third kappa shape index (κ3) is 5.12. The molecule has 1 aliphatic heterocycles. The molecule has 4 nitrogen and oxygen atoms in total. The molecule has 2 N–H and O–H groups in total. The van der Waals surface area contributed by atoms with Gasteiger partial charge in [-0.15, -0.1) is 12.4 Å². The number of hydrogen-bond donors (Lipinski definition) is 1. The van der Waals surface area contributed by atoms with Gasteiger partial charge < -0.3 is 10.6 Å². The number of amides is 1. The van der Waals surface area contributed by atoms with Gasteiger partial charge in [-0.3, -0.25) is 9.69 Å². The van der Waals surface area contributed by atoms with Crippen molar-refractivity contribution < 1.29 is 4.79 Å². The molecule has 0 saturated carbocycles. The lowest BCUT2D eigenvalue weighted by Gasteiger charge is -2.30. The van der Waals surface area contributed by atoms with Crippen LogP contribution in [0.2, 0.25) is 0 Å². The molecule has 0 bridgehead atoms. The van der Waals surface area contributed by atoms with Crippen LogP contribution in [0, 0.1) is 0 Å². The highest BCUT2D eigenvalue weighted by Gasteiger charge is 2.19. The maximum absolute atomic E-state index is 12.2. The summed E-state index contributed by atoms with van der Waals surface area (Å²) in [5.74, 6) is 0.180. The maximum atomic E-state index is 12.2. The minimum Gasteiger partial charge on any atom is -0.340 e. The number of carbonyl (C=O) groups excluding carboxylic acids is 1. The van der Waals surface area contributed by atoms with Crippen molar-refractivity contribution in [1.82, 2.24) is 9.80 Å². The van der Waals surface area contributed by atoms with E-state index in [0.29, 0.717) is 19.1 Å². The van der Waals surface area contributed by atoms with Gasteiger partial charge in [0.2, 0.25) is 5.91 Å². The number of rotatable bonds is 4. The van der Waals surface area contributed by atoms with Crippen molar-refractivity contribution in [2.24, 2.45) is 5.73 Å². The fraction of sp³-hybridized carbons (Fsp3) is 0.533. The maximum Gasteiger partial charge on any atom is 0.236 e. The first kappa shape index (κ1) is 17.0. The van der Waals surface area contributed by atoms with Crippen molar-refractivity contribution in [2.75, 3.05) is 26.7 Å². The Morgan fingerprint density at radius 1 is 1.30 bits per heavy atom. The van der Waals surface area contributed by atoms with Gasteiger partial charge in [0.25, 0.3) is 0 Å². The molecule has 0 spiro atoms. The van der Waals surface area contributed by atoms with E-state index in [1.165, 1.54) is 5.56 Å². The Kier molecular flexibility index (Phi) is 6.99. The zero-order valence-electron chi connectivity index (χ0n) is 12.0. The average molecular weight is 298 g/mol. The van der Waals surface area contributed by atoms with E-state index in [-0.39, 0.29) is 18.3 Å². The van der Waals surface area contributed by atoms with Gasteiger partial charge in [-0.2, -0.15) is 0 Å². The highest BCUT2D eigenvalue weighted by atomic mass is 35.5.